The minimum absolute atomic E-state index is 0.0181. The van der Waals surface area contributed by atoms with Crippen molar-refractivity contribution in [1.29, 1.82) is 0 Å². The first-order valence-electron chi connectivity index (χ1n) is 36.3. The standard InChI is InChI=1S/C78H136NO8P/c1-6-8-10-12-14-16-18-20-22-24-26-28-30-32-34-36-38-39-41-43-45-47-49-51-53-55-57-59-61-63-65-67-69-71-78(81)87-76(75-86-88(82,83)85-73-72-79(3,4)5)74-84-77(80)70-68-66-64-62-60-58-56-54-52-50-48-46-44-42-40-37-35-33-31-29-27-25-23-21-19-17-15-13-11-9-7-2/h8,10,14,16,20,22,26,28,32,34,38-39,43,45,49,51,55,57,61,63,76H,6-7,9,11-13,15,17-19,21,23-25,27,29-31,33,35-37,40-42,44,46-48,50,52-54,56,58-60,62,64-75H2,1-5H3/p+1/b10-8-,16-14-,22-20-,28-26-,34-32-,39-38-,45-43-,51-49-,57-55-,63-61-. The van der Waals surface area contributed by atoms with Gasteiger partial charge in [-0.15, -0.1) is 0 Å². The summed E-state index contributed by atoms with van der Waals surface area (Å²) in [4.78, 5) is 35.9. The number of phosphoric acid groups is 1. The molecule has 0 fully saturated rings. The van der Waals surface area contributed by atoms with E-state index in [1.165, 1.54) is 180 Å². The van der Waals surface area contributed by atoms with Crippen molar-refractivity contribution in [2.75, 3.05) is 47.5 Å². The molecule has 506 valence electrons. The first-order chi connectivity index (χ1) is 43.0. The van der Waals surface area contributed by atoms with Gasteiger partial charge in [0.15, 0.2) is 6.10 Å². The maximum atomic E-state index is 12.9. The van der Waals surface area contributed by atoms with Gasteiger partial charge in [0.05, 0.1) is 27.7 Å². The minimum atomic E-state index is -4.41. The average molecular weight is 1250 g/mol. The van der Waals surface area contributed by atoms with Crippen LogP contribution in [0.4, 0.5) is 0 Å². The molecule has 10 heteroatoms. The average Bonchev–Trinajstić information content (AvgIpc) is 3.56. The second-order valence-electron chi connectivity index (χ2n) is 25.3. The molecule has 0 rings (SSSR count). The number of carbonyl (C=O) groups excluding carboxylic acids is 2. The van der Waals surface area contributed by atoms with E-state index >= 15 is 0 Å². The smallest absolute Gasteiger partial charge is 0.462 e. The van der Waals surface area contributed by atoms with E-state index in [2.05, 4.69) is 135 Å². The normalized spacial score (nSPS) is 13.8. The summed E-state index contributed by atoms with van der Waals surface area (Å²) in [5.41, 5.74) is 0. The van der Waals surface area contributed by atoms with E-state index in [1.807, 2.05) is 21.1 Å². The summed E-state index contributed by atoms with van der Waals surface area (Å²) >= 11 is 0. The van der Waals surface area contributed by atoms with Gasteiger partial charge in [-0.05, 0) is 89.9 Å². The van der Waals surface area contributed by atoms with Gasteiger partial charge in [-0.1, -0.05) is 328 Å². The Balaban J connectivity index is 4.13. The van der Waals surface area contributed by atoms with E-state index in [9.17, 15) is 19.0 Å². The lowest BCUT2D eigenvalue weighted by molar-refractivity contribution is -0.870. The van der Waals surface area contributed by atoms with Gasteiger partial charge in [-0.25, -0.2) is 4.57 Å². The van der Waals surface area contributed by atoms with Gasteiger partial charge < -0.3 is 18.9 Å². The lowest BCUT2D eigenvalue weighted by atomic mass is 10.0. The molecular weight excluding hydrogens is 1110 g/mol. The number of hydrogen-bond donors (Lipinski definition) is 1. The molecule has 0 aliphatic rings. The zero-order chi connectivity index (χ0) is 64.1. The molecule has 0 aromatic heterocycles. The van der Waals surface area contributed by atoms with Crippen molar-refractivity contribution in [3.63, 3.8) is 0 Å². The maximum Gasteiger partial charge on any atom is 0.472 e. The van der Waals surface area contributed by atoms with Crippen LogP contribution in [0.25, 0.3) is 0 Å². The number of ether oxygens (including phenoxy) is 2. The molecule has 0 saturated carbocycles. The molecule has 0 bridgehead atoms. The number of allylic oxidation sites excluding steroid dienone is 20. The number of esters is 2. The van der Waals surface area contributed by atoms with Gasteiger partial charge in [0.25, 0.3) is 0 Å². The third-order valence-corrected chi connectivity index (χ3v) is 16.5. The molecule has 0 aliphatic carbocycles. The highest BCUT2D eigenvalue weighted by molar-refractivity contribution is 7.47. The van der Waals surface area contributed by atoms with E-state index in [0.29, 0.717) is 17.4 Å². The van der Waals surface area contributed by atoms with Crippen LogP contribution in [-0.4, -0.2) is 74.9 Å². The largest absolute Gasteiger partial charge is 0.472 e. The summed E-state index contributed by atoms with van der Waals surface area (Å²) < 4.78 is 34.7. The number of quaternary nitrogens is 1. The quantitative estimate of drug-likeness (QED) is 0.0211. The summed E-state index contributed by atoms with van der Waals surface area (Å²) in [6.07, 6.45) is 97.5. The molecule has 88 heavy (non-hydrogen) atoms. The molecule has 0 saturated heterocycles. The summed E-state index contributed by atoms with van der Waals surface area (Å²) in [7, 11) is 1.44. The van der Waals surface area contributed by atoms with Crippen molar-refractivity contribution in [3.05, 3.63) is 122 Å². The lowest BCUT2D eigenvalue weighted by Gasteiger charge is -2.24. The van der Waals surface area contributed by atoms with Crippen LogP contribution < -0.4 is 0 Å². The summed E-state index contributed by atoms with van der Waals surface area (Å²) in [6.45, 7) is 4.30. The summed E-state index contributed by atoms with van der Waals surface area (Å²) in [6, 6.07) is 0. The van der Waals surface area contributed by atoms with Crippen LogP contribution in [0.3, 0.4) is 0 Å². The van der Waals surface area contributed by atoms with Gasteiger partial charge in [0.1, 0.15) is 19.8 Å². The Morgan fingerprint density at radius 2 is 0.648 bits per heavy atom. The summed E-state index contributed by atoms with van der Waals surface area (Å²) in [5.74, 6) is -0.845. The summed E-state index contributed by atoms with van der Waals surface area (Å²) in [5, 5.41) is 0. The fourth-order valence-electron chi connectivity index (χ4n) is 9.99. The number of carbonyl (C=O) groups is 2. The molecular formula is C78H137NO8P+. The van der Waals surface area contributed by atoms with Crippen LogP contribution in [0.15, 0.2) is 122 Å². The Hall–Kier alpha value is -3.59. The Bertz CT molecular complexity index is 1900. The van der Waals surface area contributed by atoms with Crippen LogP contribution in [0.5, 0.6) is 0 Å². The predicted octanol–water partition coefficient (Wildman–Crippen LogP) is 23.8. The minimum Gasteiger partial charge on any atom is -0.462 e. The number of hydrogen-bond acceptors (Lipinski definition) is 7. The molecule has 0 spiro atoms. The van der Waals surface area contributed by atoms with Crippen LogP contribution in [0.1, 0.15) is 309 Å². The van der Waals surface area contributed by atoms with Crippen LogP contribution >= 0.6 is 7.82 Å². The molecule has 2 atom stereocenters. The molecule has 9 nitrogen and oxygen atoms in total. The topological polar surface area (TPSA) is 108 Å². The van der Waals surface area contributed by atoms with Crippen molar-refractivity contribution in [2.45, 2.75) is 315 Å². The monoisotopic (exact) mass is 1250 g/mol. The van der Waals surface area contributed by atoms with Gasteiger partial charge in [0.2, 0.25) is 0 Å². The van der Waals surface area contributed by atoms with Gasteiger partial charge in [0, 0.05) is 12.8 Å². The molecule has 0 aromatic carbocycles. The van der Waals surface area contributed by atoms with E-state index in [1.54, 1.807) is 0 Å². The SMILES string of the molecule is CC/C=C\C/C=C\C/C=C\C/C=C\C/C=C\C/C=C\C/C=C\C/C=C\C/C=C\C/C=C\CCCCC(=O)OC(COC(=O)CCCCCCCCCCCCCCCCCCCCCCCCCCCCCCCCC)COP(=O)(O)OCC[N+](C)(C)C. The van der Waals surface area contributed by atoms with Crippen molar-refractivity contribution >= 4 is 19.8 Å². The van der Waals surface area contributed by atoms with E-state index < -0.39 is 26.5 Å². The van der Waals surface area contributed by atoms with Gasteiger partial charge in [-0.3, -0.25) is 18.6 Å². The number of unbranched alkanes of at least 4 members (excludes halogenated alkanes) is 32. The Morgan fingerprint density at radius 3 is 0.966 bits per heavy atom. The third kappa shape index (κ3) is 71.5. The molecule has 0 amide bonds. The van der Waals surface area contributed by atoms with Gasteiger partial charge >= 0.3 is 19.8 Å². The molecule has 0 heterocycles. The highest BCUT2D eigenvalue weighted by Crippen LogP contribution is 2.43. The fraction of sp³-hybridized carbons (Fsp3) is 0.718. The maximum absolute atomic E-state index is 12.9. The number of nitrogens with zero attached hydrogens (tertiary/aromatic N) is 1. The molecule has 0 radical (unpaired) electrons. The van der Waals surface area contributed by atoms with Crippen molar-refractivity contribution in [1.82, 2.24) is 0 Å². The zero-order valence-electron chi connectivity index (χ0n) is 57.7. The van der Waals surface area contributed by atoms with Crippen LogP contribution in [0, 0.1) is 0 Å². The highest BCUT2D eigenvalue weighted by Gasteiger charge is 2.27. The molecule has 2 unspecified atom stereocenters. The second kappa shape index (κ2) is 67.8. The van der Waals surface area contributed by atoms with Crippen molar-refractivity contribution < 1.29 is 42.1 Å². The Morgan fingerprint density at radius 1 is 0.364 bits per heavy atom. The highest BCUT2D eigenvalue weighted by atomic mass is 31.2. The predicted molar refractivity (Wildman–Crippen MR) is 381 cm³/mol. The van der Waals surface area contributed by atoms with E-state index in [4.69, 9.17) is 18.5 Å². The van der Waals surface area contributed by atoms with Crippen LogP contribution in [-0.2, 0) is 32.7 Å². The van der Waals surface area contributed by atoms with E-state index in [-0.39, 0.29) is 32.0 Å². The molecule has 0 aliphatic heterocycles. The Labute approximate surface area is 543 Å². The Kier molecular flexibility index (Phi) is 65.0. The number of rotatable bonds is 66. The fourth-order valence-corrected chi connectivity index (χ4v) is 10.7. The van der Waals surface area contributed by atoms with Crippen LogP contribution in [0.2, 0.25) is 0 Å². The second-order valence-corrected chi connectivity index (χ2v) is 26.7. The first kappa shape index (κ1) is 84.4. The first-order valence-corrected chi connectivity index (χ1v) is 37.8. The number of likely N-dealkylation sites (N-methyl/N-ethyl adjacent to an activating group) is 1. The molecule has 1 N–H and O–H groups in total. The third-order valence-electron chi connectivity index (χ3n) is 15.5. The van der Waals surface area contributed by atoms with Crippen molar-refractivity contribution in [2.24, 2.45) is 0 Å². The van der Waals surface area contributed by atoms with Gasteiger partial charge in [-0.2, -0.15) is 0 Å². The van der Waals surface area contributed by atoms with E-state index in [0.717, 1.165) is 96.3 Å². The lowest BCUT2D eigenvalue weighted by Crippen LogP contribution is -2.37. The number of phosphoric ester groups is 1. The zero-order valence-corrected chi connectivity index (χ0v) is 58.6. The van der Waals surface area contributed by atoms with Crippen molar-refractivity contribution in [3.8, 4) is 0 Å². The molecule has 0 aromatic rings.